The largest absolute Gasteiger partial charge is 0.383 e. The van der Waals surface area contributed by atoms with Gasteiger partial charge in [-0.1, -0.05) is 19.0 Å². The maximum Gasteiger partial charge on any atom is 0.228 e. The molecule has 1 aromatic rings. The maximum atomic E-state index is 5.38. The molecular weight excluding hydrogens is 294 g/mol. The van der Waals surface area contributed by atoms with Crippen LogP contribution in [0.15, 0.2) is 4.52 Å². The zero-order valence-electron chi connectivity index (χ0n) is 12.5. The van der Waals surface area contributed by atoms with Gasteiger partial charge in [-0.15, -0.1) is 11.8 Å². The zero-order chi connectivity index (χ0) is 14.5. The van der Waals surface area contributed by atoms with Crippen molar-refractivity contribution >= 4 is 23.5 Å². The summed E-state index contributed by atoms with van der Waals surface area (Å²) in [5, 5.41) is 9.01. The molecule has 1 aromatic heterocycles. The lowest BCUT2D eigenvalue weighted by molar-refractivity contribution is 0.165. The summed E-state index contributed by atoms with van der Waals surface area (Å²) in [7, 11) is 3.61. The third kappa shape index (κ3) is 4.13. The number of ether oxygens (including phenoxy) is 1. The molecule has 1 N–H and O–H groups in total. The molecule has 2 heterocycles. The van der Waals surface area contributed by atoms with Gasteiger partial charge >= 0.3 is 0 Å². The van der Waals surface area contributed by atoms with Crippen molar-refractivity contribution in [3.8, 4) is 0 Å². The third-order valence-corrected chi connectivity index (χ3v) is 6.91. The monoisotopic (exact) mass is 317 g/mol. The third-order valence-electron chi connectivity index (χ3n) is 3.52. The summed E-state index contributed by atoms with van der Waals surface area (Å²) >= 11 is 3.94. The Morgan fingerprint density at radius 1 is 1.45 bits per heavy atom. The molecule has 2 rings (SSSR count). The Kier molecular flexibility index (Phi) is 6.20. The van der Waals surface area contributed by atoms with Crippen molar-refractivity contribution in [3.05, 3.63) is 11.7 Å². The molecule has 1 saturated heterocycles. The van der Waals surface area contributed by atoms with Gasteiger partial charge in [-0.25, -0.2) is 0 Å². The topological polar surface area (TPSA) is 60.2 Å². The van der Waals surface area contributed by atoms with E-state index in [9.17, 15) is 0 Å². The molecule has 4 atom stereocenters. The predicted molar refractivity (Wildman–Crippen MR) is 84.4 cm³/mol. The van der Waals surface area contributed by atoms with Gasteiger partial charge in [0.15, 0.2) is 5.82 Å². The Morgan fingerprint density at radius 3 is 2.90 bits per heavy atom. The van der Waals surface area contributed by atoms with E-state index < -0.39 is 0 Å². The van der Waals surface area contributed by atoms with Crippen LogP contribution in [0, 0.1) is 0 Å². The van der Waals surface area contributed by atoms with Crippen LogP contribution in [0.25, 0.3) is 0 Å². The Labute approximate surface area is 129 Å². The molecule has 0 spiro atoms. The number of nitrogens with one attached hydrogen (secondary N) is 1. The number of rotatable bonds is 6. The van der Waals surface area contributed by atoms with Gasteiger partial charge in [0.2, 0.25) is 5.89 Å². The van der Waals surface area contributed by atoms with E-state index in [-0.39, 0.29) is 6.04 Å². The average Bonchev–Trinajstić information content (AvgIpc) is 2.90. The van der Waals surface area contributed by atoms with Crippen LogP contribution in [0.2, 0.25) is 0 Å². The maximum absolute atomic E-state index is 5.38. The number of hydrogen-bond acceptors (Lipinski definition) is 7. The van der Waals surface area contributed by atoms with E-state index in [0.717, 1.165) is 11.6 Å². The number of likely N-dealkylation sites (N-methyl/N-ethyl adjacent to an activating group) is 1. The molecular formula is C13H23N3O2S2. The SMILES string of the molecule is CNC(COC)Cc1nc(C2CSC(C)C(C)S2)no1. The van der Waals surface area contributed by atoms with Gasteiger partial charge in [0.25, 0.3) is 0 Å². The first-order valence-electron chi connectivity index (χ1n) is 6.89. The van der Waals surface area contributed by atoms with Crippen LogP contribution in [0.3, 0.4) is 0 Å². The molecule has 1 aliphatic rings. The minimum atomic E-state index is 0.209. The van der Waals surface area contributed by atoms with Crippen LogP contribution in [-0.4, -0.2) is 53.2 Å². The van der Waals surface area contributed by atoms with Crippen molar-refractivity contribution in [2.75, 3.05) is 26.5 Å². The second-order valence-electron chi connectivity index (χ2n) is 5.06. The minimum absolute atomic E-state index is 0.209. The Morgan fingerprint density at radius 2 is 2.25 bits per heavy atom. The molecule has 7 heteroatoms. The first-order valence-corrected chi connectivity index (χ1v) is 8.89. The number of thioether (sulfide) groups is 2. The molecule has 20 heavy (non-hydrogen) atoms. The summed E-state index contributed by atoms with van der Waals surface area (Å²) in [5.41, 5.74) is 0. The van der Waals surface area contributed by atoms with Gasteiger partial charge in [0.1, 0.15) is 0 Å². The summed E-state index contributed by atoms with van der Waals surface area (Å²) in [6, 6.07) is 0.209. The minimum Gasteiger partial charge on any atom is -0.383 e. The van der Waals surface area contributed by atoms with E-state index in [4.69, 9.17) is 9.26 Å². The van der Waals surface area contributed by atoms with Gasteiger partial charge in [0.05, 0.1) is 11.9 Å². The number of aromatic nitrogens is 2. The molecule has 0 aromatic carbocycles. The van der Waals surface area contributed by atoms with Gasteiger partial charge in [-0.3, -0.25) is 0 Å². The zero-order valence-corrected chi connectivity index (χ0v) is 14.1. The Hall–Kier alpha value is -0.240. The number of nitrogens with zero attached hydrogens (tertiary/aromatic N) is 2. The lowest BCUT2D eigenvalue weighted by Gasteiger charge is -2.29. The Bertz CT molecular complexity index is 416. The molecule has 0 amide bonds. The highest BCUT2D eigenvalue weighted by atomic mass is 32.2. The van der Waals surface area contributed by atoms with E-state index >= 15 is 0 Å². The molecule has 1 fully saturated rings. The summed E-state index contributed by atoms with van der Waals surface area (Å²) in [6.07, 6.45) is 0.702. The lowest BCUT2D eigenvalue weighted by atomic mass is 10.2. The average molecular weight is 317 g/mol. The van der Waals surface area contributed by atoms with Crippen molar-refractivity contribution in [2.45, 2.75) is 42.1 Å². The van der Waals surface area contributed by atoms with Crippen LogP contribution >= 0.6 is 23.5 Å². The summed E-state index contributed by atoms with van der Waals surface area (Å²) in [4.78, 5) is 4.56. The molecule has 4 unspecified atom stereocenters. The van der Waals surface area contributed by atoms with Crippen LogP contribution in [0.5, 0.6) is 0 Å². The lowest BCUT2D eigenvalue weighted by Crippen LogP contribution is -2.32. The van der Waals surface area contributed by atoms with Crippen molar-refractivity contribution in [3.63, 3.8) is 0 Å². The highest BCUT2D eigenvalue weighted by Gasteiger charge is 2.30. The van der Waals surface area contributed by atoms with Crippen molar-refractivity contribution < 1.29 is 9.26 Å². The van der Waals surface area contributed by atoms with E-state index in [1.54, 1.807) is 7.11 Å². The highest BCUT2D eigenvalue weighted by Crippen LogP contribution is 2.43. The predicted octanol–water partition coefficient (Wildman–Crippen LogP) is 2.14. The quantitative estimate of drug-likeness (QED) is 0.862. The number of hydrogen-bond donors (Lipinski definition) is 1. The van der Waals surface area contributed by atoms with E-state index in [1.807, 2.05) is 30.6 Å². The second-order valence-corrected chi connectivity index (χ2v) is 8.05. The van der Waals surface area contributed by atoms with Crippen molar-refractivity contribution in [2.24, 2.45) is 0 Å². The van der Waals surface area contributed by atoms with Crippen molar-refractivity contribution in [1.82, 2.24) is 15.5 Å². The van der Waals surface area contributed by atoms with Crippen LogP contribution < -0.4 is 5.32 Å². The fourth-order valence-corrected chi connectivity index (χ4v) is 4.89. The standard InChI is InChI=1S/C13H23N3O2S2/c1-8-9(2)20-11(7-19-8)13-15-12(18-16-13)5-10(14-3)6-17-4/h8-11,14H,5-7H2,1-4H3. The molecule has 0 saturated carbocycles. The molecule has 114 valence electrons. The normalized spacial score (nSPS) is 28.5. The molecule has 0 aliphatic carbocycles. The van der Waals surface area contributed by atoms with Crippen LogP contribution in [0.1, 0.15) is 30.8 Å². The van der Waals surface area contributed by atoms with E-state index in [2.05, 4.69) is 29.3 Å². The molecule has 0 radical (unpaired) electrons. The fraction of sp³-hybridized carbons (Fsp3) is 0.846. The van der Waals surface area contributed by atoms with E-state index in [1.165, 1.54) is 0 Å². The van der Waals surface area contributed by atoms with Gasteiger partial charge in [-0.05, 0) is 7.05 Å². The Balaban J connectivity index is 1.95. The first-order chi connectivity index (χ1) is 9.63. The molecule has 5 nitrogen and oxygen atoms in total. The van der Waals surface area contributed by atoms with Crippen LogP contribution in [-0.2, 0) is 11.2 Å². The van der Waals surface area contributed by atoms with Gasteiger partial charge in [0, 0.05) is 35.8 Å². The highest BCUT2D eigenvalue weighted by molar-refractivity contribution is 8.07. The first kappa shape index (κ1) is 16.1. The summed E-state index contributed by atoms with van der Waals surface area (Å²) in [5.74, 6) is 2.58. The van der Waals surface area contributed by atoms with E-state index in [0.29, 0.717) is 34.7 Å². The summed E-state index contributed by atoms with van der Waals surface area (Å²) < 4.78 is 10.5. The smallest absolute Gasteiger partial charge is 0.228 e. The van der Waals surface area contributed by atoms with Crippen molar-refractivity contribution in [1.29, 1.82) is 0 Å². The summed E-state index contributed by atoms with van der Waals surface area (Å²) in [6.45, 7) is 5.18. The molecule has 0 bridgehead atoms. The molecule has 1 aliphatic heterocycles. The van der Waals surface area contributed by atoms with Gasteiger partial charge in [-0.2, -0.15) is 16.7 Å². The fourth-order valence-electron chi connectivity index (χ4n) is 2.06. The second kappa shape index (κ2) is 7.68. The van der Waals surface area contributed by atoms with Gasteiger partial charge < -0.3 is 14.6 Å². The number of methoxy groups -OCH3 is 1. The van der Waals surface area contributed by atoms with Crippen LogP contribution in [0.4, 0.5) is 0 Å².